The van der Waals surface area contributed by atoms with Crippen LogP contribution in [0, 0.1) is 17.8 Å². The van der Waals surface area contributed by atoms with E-state index in [0.717, 1.165) is 45.7 Å². The van der Waals surface area contributed by atoms with Crippen LogP contribution in [-0.4, -0.2) is 56.1 Å². The summed E-state index contributed by atoms with van der Waals surface area (Å²) in [7, 11) is 0. The Bertz CT molecular complexity index is 600. The fourth-order valence-electron chi connectivity index (χ4n) is 3.90. The van der Waals surface area contributed by atoms with Gasteiger partial charge in [0.15, 0.2) is 0 Å². The topological polar surface area (TPSA) is 84.7 Å². The quantitative estimate of drug-likeness (QED) is 0.605. The largest absolute Gasteiger partial charge is 0.379 e. The molecule has 1 heterocycles. The Hall–Kier alpha value is -1.92. The summed E-state index contributed by atoms with van der Waals surface area (Å²) >= 11 is 0. The van der Waals surface area contributed by atoms with Crippen molar-refractivity contribution in [3.05, 3.63) is 35.9 Å². The van der Waals surface area contributed by atoms with Gasteiger partial charge in [-0.15, -0.1) is 0 Å². The maximum Gasteiger partial charge on any atom is 0.224 e. The van der Waals surface area contributed by atoms with Gasteiger partial charge in [-0.25, -0.2) is 0 Å². The van der Waals surface area contributed by atoms with E-state index in [2.05, 4.69) is 22.3 Å². The second-order valence-corrected chi connectivity index (χ2v) is 7.90. The smallest absolute Gasteiger partial charge is 0.224 e. The van der Waals surface area contributed by atoms with Gasteiger partial charge in [-0.1, -0.05) is 44.2 Å². The van der Waals surface area contributed by atoms with Gasteiger partial charge in [0, 0.05) is 32.1 Å². The fourth-order valence-corrected chi connectivity index (χ4v) is 3.90. The van der Waals surface area contributed by atoms with E-state index in [1.54, 1.807) is 0 Å². The van der Waals surface area contributed by atoms with Gasteiger partial charge in [0.25, 0.3) is 0 Å². The van der Waals surface area contributed by atoms with Crippen LogP contribution in [0.15, 0.2) is 30.3 Å². The van der Waals surface area contributed by atoms with Gasteiger partial charge in [-0.05, 0) is 30.7 Å². The Morgan fingerprint density at radius 2 is 1.86 bits per heavy atom. The maximum absolute atomic E-state index is 12.8. The second-order valence-electron chi connectivity index (χ2n) is 7.90. The number of ether oxygens (including phenoxy) is 1. The van der Waals surface area contributed by atoms with Crippen molar-refractivity contribution in [1.82, 2.24) is 10.2 Å². The van der Waals surface area contributed by atoms with Gasteiger partial charge in [0.05, 0.1) is 19.1 Å². The third-order valence-electron chi connectivity index (χ3n) is 5.47. The molecule has 0 radical (unpaired) electrons. The first-order valence-corrected chi connectivity index (χ1v) is 10.4. The predicted molar refractivity (Wildman–Crippen MR) is 111 cm³/mol. The third kappa shape index (κ3) is 7.24. The van der Waals surface area contributed by atoms with Gasteiger partial charge in [-0.2, -0.15) is 0 Å². The molecular weight excluding hydrogens is 354 g/mol. The van der Waals surface area contributed by atoms with Crippen LogP contribution >= 0.6 is 0 Å². The number of primary amides is 1. The normalized spacial score (nSPS) is 17.2. The van der Waals surface area contributed by atoms with E-state index in [-0.39, 0.29) is 17.7 Å². The molecule has 1 aliphatic rings. The van der Waals surface area contributed by atoms with E-state index < -0.39 is 11.8 Å². The van der Waals surface area contributed by atoms with Crippen molar-refractivity contribution in [2.24, 2.45) is 23.5 Å². The molecule has 0 aromatic heterocycles. The Kier molecular flexibility index (Phi) is 9.44. The van der Waals surface area contributed by atoms with Gasteiger partial charge in [0.1, 0.15) is 0 Å². The highest BCUT2D eigenvalue weighted by atomic mass is 16.5. The summed E-state index contributed by atoms with van der Waals surface area (Å²) in [6.07, 6.45) is 2.35. The van der Waals surface area contributed by atoms with Crippen LogP contribution in [0.5, 0.6) is 0 Å². The number of hydrogen-bond acceptors (Lipinski definition) is 4. The van der Waals surface area contributed by atoms with Crippen LogP contribution < -0.4 is 11.1 Å². The maximum atomic E-state index is 12.8. The molecule has 1 aromatic rings. The summed E-state index contributed by atoms with van der Waals surface area (Å²) < 4.78 is 5.34. The molecule has 28 heavy (non-hydrogen) atoms. The number of nitrogens with zero attached hydrogens (tertiary/aromatic N) is 1. The Morgan fingerprint density at radius 1 is 1.18 bits per heavy atom. The predicted octanol–water partition coefficient (Wildman–Crippen LogP) is 1.83. The first kappa shape index (κ1) is 22.4. The zero-order valence-electron chi connectivity index (χ0n) is 17.2. The highest BCUT2D eigenvalue weighted by molar-refractivity contribution is 5.87. The molecule has 0 saturated carbocycles. The number of carbonyl (C=O) groups is 2. The molecule has 156 valence electrons. The van der Waals surface area contributed by atoms with Gasteiger partial charge in [0.2, 0.25) is 11.8 Å². The number of morpholine rings is 1. The van der Waals surface area contributed by atoms with Crippen molar-refractivity contribution < 1.29 is 14.3 Å². The van der Waals surface area contributed by atoms with Crippen LogP contribution in [0.2, 0.25) is 0 Å². The lowest BCUT2D eigenvalue weighted by Gasteiger charge is -2.29. The SMILES string of the molecule is CC(C)[C@H](C(=O)NCCN1CCOCC1)C(CCCc1ccccc1)C(N)=O. The molecule has 6 nitrogen and oxygen atoms in total. The Morgan fingerprint density at radius 3 is 2.46 bits per heavy atom. The van der Waals surface area contributed by atoms with E-state index in [0.29, 0.717) is 13.0 Å². The minimum absolute atomic E-state index is 0.0533. The zero-order chi connectivity index (χ0) is 20.4. The molecule has 0 spiro atoms. The summed E-state index contributed by atoms with van der Waals surface area (Å²) in [6, 6.07) is 10.2. The van der Waals surface area contributed by atoms with Crippen LogP contribution in [0.1, 0.15) is 32.3 Å². The molecule has 1 fully saturated rings. The minimum atomic E-state index is -0.438. The molecule has 0 bridgehead atoms. The van der Waals surface area contributed by atoms with Gasteiger partial charge >= 0.3 is 0 Å². The average Bonchev–Trinajstić information content (AvgIpc) is 2.68. The average molecular weight is 390 g/mol. The standard InChI is InChI=1S/C22H35N3O3/c1-17(2)20(22(27)24-11-12-25-13-15-28-16-14-25)19(21(23)26)10-6-9-18-7-4-3-5-8-18/h3-5,7-8,17,19-20H,6,9-16H2,1-2H3,(H2,23,26)(H,24,27)/t19?,20-/m0/s1. The van der Waals surface area contributed by atoms with Crippen LogP contribution in [0.25, 0.3) is 0 Å². The summed E-state index contributed by atoms with van der Waals surface area (Å²) in [5.74, 6) is -1.22. The number of rotatable bonds is 11. The minimum Gasteiger partial charge on any atom is -0.379 e. The van der Waals surface area contributed by atoms with E-state index in [1.807, 2.05) is 32.0 Å². The first-order valence-electron chi connectivity index (χ1n) is 10.4. The summed E-state index contributed by atoms with van der Waals surface area (Å²) in [5.41, 5.74) is 6.93. The first-order chi connectivity index (χ1) is 13.5. The second kappa shape index (κ2) is 11.8. The van der Waals surface area contributed by atoms with E-state index in [9.17, 15) is 9.59 Å². The third-order valence-corrected chi connectivity index (χ3v) is 5.47. The van der Waals surface area contributed by atoms with Crippen LogP contribution in [-0.2, 0) is 20.7 Å². The lowest BCUT2D eigenvalue weighted by Crippen LogP contribution is -2.46. The number of nitrogens with one attached hydrogen (secondary N) is 1. The van der Waals surface area contributed by atoms with Crippen molar-refractivity contribution in [3.63, 3.8) is 0 Å². The molecule has 1 unspecified atom stereocenters. The molecular formula is C22H35N3O3. The van der Waals surface area contributed by atoms with E-state index >= 15 is 0 Å². The molecule has 2 rings (SSSR count). The lowest BCUT2D eigenvalue weighted by atomic mass is 9.79. The van der Waals surface area contributed by atoms with Gasteiger partial charge in [-0.3, -0.25) is 14.5 Å². The van der Waals surface area contributed by atoms with Crippen molar-refractivity contribution >= 4 is 11.8 Å². The molecule has 0 aliphatic carbocycles. The van der Waals surface area contributed by atoms with Crippen molar-refractivity contribution in [1.29, 1.82) is 0 Å². The summed E-state index contributed by atoms with van der Waals surface area (Å²) in [4.78, 5) is 27.3. The highest BCUT2D eigenvalue weighted by Gasteiger charge is 2.34. The van der Waals surface area contributed by atoms with Crippen molar-refractivity contribution in [2.75, 3.05) is 39.4 Å². The fraction of sp³-hybridized carbons (Fsp3) is 0.636. The molecule has 6 heteroatoms. The number of benzene rings is 1. The van der Waals surface area contributed by atoms with Crippen LogP contribution in [0.4, 0.5) is 0 Å². The number of carbonyl (C=O) groups excluding carboxylic acids is 2. The monoisotopic (exact) mass is 389 g/mol. The van der Waals surface area contributed by atoms with Crippen LogP contribution in [0.3, 0.4) is 0 Å². The number of nitrogens with two attached hydrogens (primary N) is 1. The van der Waals surface area contributed by atoms with E-state index in [4.69, 9.17) is 10.5 Å². The van der Waals surface area contributed by atoms with E-state index in [1.165, 1.54) is 5.56 Å². The number of hydrogen-bond donors (Lipinski definition) is 2. The molecule has 2 amide bonds. The zero-order valence-corrected chi connectivity index (χ0v) is 17.2. The molecule has 2 atom stereocenters. The molecule has 1 aromatic carbocycles. The molecule has 3 N–H and O–H groups in total. The van der Waals surface area contributed by atoms with Crippen molar-refractivity contribution in [2.45, 2.75) is 33.1 Å². The highest BCUT2D eigenvalue weighted by Crippen LogP contribution is 2.26. The summed E-state index contributed by atoms with van der Waals surface area (Å²) in [6.45, 7) is 8.63. The molecule has 1 saturated heterocycles. The van der Waals surface area contributed by atoms with Crippen molar-refractivity contribution in [3.8, 4) is 0 Å². The number of aryl methyl sites for hydroxylation is 1. The Labute approximate surface area is 168 Å². The Balaban J connectivity index is 1.87. The number of amides is 2. The van der Waals surface area contributed by atoms with Gasteiger partial charge < -0.3 is 15.8 Å². The summed E-state index contributed by atoms with van der Waals surface area (Å²) in [5, 5.41) is 3.03. The molecule has 1 aliphatic heterocycles. The lowest BCUT2D eigenvalue weighted by molar-refractivity contribution is -0.135.